The Morgan fingerprint density at radius 3 is 2.03 bits per heavy atom. The number of rotatable bonds is 7. The molecular formula is C25H25BrO4. The van der Waals surface area contributed by atoms with Crippen LogP contribution in [0.1, 0.15) is 36.7 Å². The maximum Gasteiger partial charge on any atom is 0.343 e. The van der Waals surface area contributed by atoms with Crippen molar-refractivity contribution in [1.82, 2.24) is 0 Å². The summed E-state index contributed by atoms with van der Waals surface area (Å²) >= 11 is 3.48. The van der Waals surface area contributed by atoms with E-state index in [1.807, 2.05) is 48.5 Å². The third kappa shape index (κ3) is 6.10. The highest BCUT2D eigenvalue weighted by atomic mass is 79.9. The zero-order valence-electron chi connectivity index (χ0n) is 17.4. The van der Waals surface area contributed by atoms with Gasteiger partial charge in [-0.1, -0.05) is 54.9 Å². The number of hydrogen-bond acceptors (Lipinski definition) is 4. The summed E-state index contributed by atoms with van der Waals surface area (Å²) in [4.78, 5) is 12.6. The number of carbonyl (C=O) groups is 1. The minimum atomic E-state index is -0.401. The Morgan fingerprint density at radius 2 is 1.43 bits per heavy atom. The van der Waals surface area contributed by atoms with Crippen molar-refractivity contribution in [3.05, 3.63) is 88.4 Å². The summed E-state index contributed by atoms with van der Waals surface area (Å²) in [7, 11) is 0. The molecule has 156 valence electrons. The molecule has 4 nitrogen and oxygen atoms in total. The van der Waals surface area contributed by atoms with E-state index in [1.54, 1.807) is 24.3 Å². The lowest BCUT2D eigenvalue weighted by molar-refractivity contribution is 0.0731. The van der Waals surface area contributed by atoms with Crippen molar-refractivity contribution < 1.29 is 19.0 Å². The molecule has 0 bridgehead atoms. The standard InChI is InChI=1S/C25H25BrO4/c1-25(2,3)22-17-19(26)11-14-23(22)30-24(27)18-9-12-21(13-10-18)29-16-15-28-20-7-5-4-6-8-20/h4-14,17H,15-16H2,1-3H3. The molecule has 3 rings (SSSR count). The highest BCUT2D eigenvalue weighted by molar-refractivity contribution is 9.10. The normalized spacial score (nSPS) is 11.1. The Balaban J connectivity index is 1.56. The van der Waals surface area contributed by atoms with Crippen molar-refractivity contribution in [2.75, 3.05) is 13.2 Å². The van der Waals surface area contributed by atoms with E-state index >= 15 is 0 Å². The Hall–Kier alpha value is -2.79. The SMILES string of the molecule is CC(C)(C)c1cc(Br)ccc1OC(=O)c1ccc(OCCOc2ccccc2)cc1. The molecule has 0 amide bonds. The van der Waals surface area contributed by atoms with E-state index in [2.05, 4.69) is 36.7 Å². The number of hydrogen-bond donors (Lipinski definition) is 0. The molecule has 0 atom stereocenters. The zero-order chi connectivity index (χ0) is 21.6. The predicted molar refractivity (Wildman–Crippen MR) is 122 cm³/mol. The molecular weight excluding hydrogens is 444 g/mol. The highest BCUT2D eigenvalue weighted by Crippen LogP contribution is 2.34. The first kappa shape index (κ1) is 21.9. The van der Waals surface area contributed by atoms with Crippen molar-refractivity contribution >= 4 is 21.9 Å². The molecule has 0 radical (unpaired) electrons. The molecule has 0 N–H and O–H groups in total. The quantitative estimate of drug-likeness (QED) is 0.228. The molecule has 0 aliphatic rings. The third-order valence-electron chi connectivity index (χ3n) is 4.41. The van der Waals surface area contributed by atoms with E-state index in [4.69, 9.17) is 14.2 Å². The van der Waals surface area contributed by atoms with Crippen LogP contribution in [-0.2, 0) is 5.41 Å². The van der Waals surface area contributed by atoms with Crippen LogP contribution in [0.4, 0.5) is 0 Å². The highest BCUT2D eigenvalue weighted by Gasteiger charge is 2.21. The smallest absolute Gasteiger partial charge is 0.343 e. The number of halogens is 1. The Bertz CT molecular complexity index is 976. The van der Waals surface area contributed by atoms with Gasteiger partial charge in [0, 0.05) is 10.0 Å². The molecule has 3 aromatic carbocycles. The van der Waals surface area contributed by atoms with Crippen LogP contribution >= 0.6 is 15.9 Å². The summed E-state index contributed by atoms with van der Waals surface area (Å²) < 4.78 is 17.9. The number of esters is 1. The summed E-state index contributed by atoms with van der Waals surface area (Å²) in [6.07, 6.45) is 0. The van der Waals surface area contributed by atoms with Gasteiger partial charge in [0.2, 0.25) is 0 Å². The Labute approximate surface area is 185 Å². The van der Waals surface area contributed by atoms with Crippen LogP contribution in [0.5, 0.6) is 17.2 Å². The number of carbonyl (C=O) groups excluding carboxylic acids is 1. The van der Waals surface area contributed by atoms with Gasteiger partial charge in [-0.2, -0.15) is 0 Å². The van der Waals surface area contributed by atoms with Crippen LogP contribution in [0.25, 0.3) is 0 Å². The second-order valence-corrected chi connectivity index (χ2v) is 8.73. The maximum atomic E-state index is 12.6. The van der Waals surface area contributed by atoms with Crippen molar-refractivity contribution in [2.45, 2.75) is 26.2 Å². The van der Waals surface area contributed by atoms with Gasteiger partial charge in [0.1, 0.15) is 30.5 Å². The average Bonchev–Trinajstić information content (AvgIpc) is 2.73. The van der Waals surface area contributed by atoms with Crippen molar-refractivity contribution in [2.24, 2.45) is 0 Å². The van der Waals surface area contributed by atoms with Crippen molar-refractivity contribution in [3.8, 4) is 17.2 Å². The van der Waals surface area contributed by atoms with E-state index < -0.39 is 5.97 Å². The second kappa shape index (κ2) is 9.81. The second-order valence-electron chi connectivity index (χ2n) is 7.81. The van der Waals surface area contributed by atoms with E-state index in [0.29, 0.717) is 30.3 Å². The summed E-state index contributed by atoms with van der Waals surface area (Å²) in [5.74, 6) is 1.64. The van der Waals surface area contributed by atoms with E-state index in [-0.39, 0.29) is 5.41 Å². The maximum absolute atomic E-state index is 12.6. The average molecular weight is 469 g/mol. The molecule has 5 heteroatoms. The van der Waals surface area contributed by atoms with Crippen molar-refractivity contribution in [3.63, 3.8) is 0 Å². The minimum Gasteiger partial charge on any atom is -0.490 e. The van der Waals surface area contributed by atoms with Gasteiger partial charge in [-0.05, 0) is 60.0 Å². The first-order chi connectivity index (χ1) is 14.3. The summed E-state index contributed by atoms with van der Waals surface area (Å²) in [6, 6.07) is 22.2. The van der Waals surface area contributed by atoms with Crippen molar-refractivity contribution in [1.29, 1.82) is 0 Å². The number of ether oxygens (including phenoxy) is 3. The van der Waals surface area contributed by atoms with E-state index in [0.717, 1.165) is 15.8 Å². The third-order valence-corrected chi connectivity index (χ3v) is 4.90. The van der Waals surface area contributed by atoms with Crippen LogP contribution in [0.15, 0.2) is 77.3 Å². The van der Waals surface area contributed by atoms with Gasteiger partial charge in [-0.3, -0.25) is 0 Å². The lowest BCUT2D eigenvalue weighted by atomic mass is 9.86. The van der Waals surface area contributed by atoms with Crippen LogP contribution in [-0.4, -0.2) is 19.2 Å². The molecule has 0 aromatic heterocycles. The van der Waals surface area contributed by atoms with Gasteiger partial charge in [-0.15, -0.1) is 0 Å². The van der Waals surface area contributed by atoms with Gasteiger partial charge in [0.25, 0.3) is 0 Å². The minimum absolute atomic E-state index is 0.154. The lowest BCUT2D eigenvalue weighted by Gasteiger charge is -2.22. The van der Waals surface area contributed by atoms with Gasteiger partial charge in [0.05, 0.1) is 5.56 Å². The molecule has 0 saturated carbocycles. The summed E-state index contributed by atoms with van der Waals surface area (Å²) in [5.41, 5.74) is 1.27. The first-order valence-corrected chi connectivity index (χ1v) is 10.6. The molecule has 0 unspecified atom stereocenters. The van der Waals surface area contributed by atoms with Gasteiger partial charge < -0.3 is 14.2 Å². The predicted octanol–water partition coefficient (Wildman–Crippen LogP) is 6.42. The van der Waals surface area contributed by atoms with Gasteiger partial charge in [0.15, 0.2) is 0 Å². The molecule has 0 aliphatic heterocycles. The largest absolute Gasteiger partial charge is 0.490 e. The monoisotopic (exact) mass is 468 g/mol. The van der Waals surface area contributed by atoms with Crippen LogP contribution < -0.4 is 14.2 Å². The van der Waals surface area contributed by atoms with Crippen LogP contribution in [0.2, 0.25) is 0 Å². The fourth-order valence-electron chi connectivity index (χ4n) is 2.86. The lowest BCUT2D eigenvalue weighted by Crippen LogP contribution is -2.16. The topological polar surface area (TPSA) is 44.8 Å². The summed E-state index contributed by atoms with van der Waals surface area (Å²) in [5, 5.41) is 0. The molecule has 0 saturated heterocycles. The first-order valence-electron chi connectivity index (χ1n) is 9.76. The van der Waals surface area contributed by atoms with E-state index in [1.165, 1.54) is 0 Å². The molecule has 0 heterocycles. The van der Waals surface area contributed by atoms with Crippen LogP contribution in [0, 0.1) is 0 Å². The van der Waals surface area contributed by atoms with E-state index in [9.17, 15) is 4.79 Å². The molecule has 0 fully saturated rings. The molecule has 0 aliphatic carbocycles. The fourth-order valence-corrected chi connectivity index (χ4v) is 3.22. The zero-order valence-corrected chi connectivity index (χ0v) is 18.9. The number of benzene rings is 3. The molecule has 0 spiro atoms. The van der Waals surface area contributed by atoms with Gasteiger partial charge in [-0.25, -0.2) is 4.79 Å². The summed E-state index contributed by atoms with van der Waals surface area (Å²) in [6.45, 7) is 7.10. The van der Waals surface area contributed by atoms with Crippen LogP contribution in [0.3, 0.4) is 0 Å². The Kier molecular flexibility index (Phi) is 7.16. The molecule has 30 heavy (non-hydrogen) atoms. The number of para-hydroxylation sites is 1. The van der Waals surface area contributed by atoms with Gasteiger partial charge >= 0.3 is 5.97 Å². The Morgan fingerprint density at radius 1 is 0.833 bits per heavy atom. The molecule has 3 aromatic rings. The fraction of sp³-hybridized carbons (Fsp3) is 0.240.